The third-order valence-corrected chi connectivity index (χ3v) is 5.83. The molecule has 0 fully saturated rings. The van der Waals surface area contributed by atoms with Crippen LogP contribution in [0.4, 0.5) is 17.1 Å². The highest BCUT2D eigenvalue weighted by Crippen LogP contribution is 2.30. The normalized spacial score (nSPS) is 13.0. The number of amides is 3. The highest BCUT2D eigenvalue weighted by molar-refractivity contribution is 6.53. The molecule has 0 unspecified atom stereocenters. The lowest BCUT2D eigenvalue weighted by Crippen LogP contribution is -2.32. The Bertz CT molecular complexity index is 1420. The summed E-state index contributed by atoms with van der Waals surface area (Å²) in [4.78, 5) is 51.5. The summed E-state index contributed by atoms with van der Waals surface area (Å²) in [6.45, 7) is 4.35. The van der Waals surface area contributed by atoms with Gasteiger partial charge in [-0.3, -0.25) is 14.4 Å². The van der Waals surface area contributed by atoms with Crippen LogP contribution in [0.2, 0.25) is 0 Å². The molecule has 194 valence electrons. The molecule has 3 aromatic rings. The number of esters is 1. The van der Waals surface area contributed by atoms with E-state index in [2.05, 4.69) is 10.6 Å². The molecule has 0 bridgehead atoms. The Hall–Kier alpha value is -4.63. The molecule has 1 aliphatic rings. The van der Waals surface area contributed by atoms with Crippen molar-refractivity contribution >= 4 is 52.4 Å². The molecule has 0 radical (unpaired) electrons. The Kier molecular flexibility index (Phi) is 8.08. The van der Waals surface area contributed by atoms with Crippen LogP contribution in [0.5, 0.6) is 5.75 Å². The first-order valence-electron chi connectivity index (χ1n) is 11.8. The highest BCUT2D eigenvalue weighted by atomic mass is 35.5. The zero-order chi connectivity index (χ0) is 27.2. The first-order valence-corrected chi connectivity index (χ1v) is 12.2. The fraction of sp³-hybridized carbons (Fsp3) is 0.143. The molecule has 3 aromatic carbocycles. The van der Waals surface area contributed by atoms with Crippen molar-refractivity contribution in [2.75, 3.05) is 28.7 Å². The summed E-state index contributed by atoms with van der Waals surface area (Å²) in [5.41, 5.74) is 1.69. The van der Waals surface area contributed by atoms with E-state index in [1.807, 2.05) is 6.92 Å². The molecule has 3 amide bonds. The molecule has 0 spiro atoms. The summed E-state index contributed by atoms with van der Waals surface area (Å²) in [5.74, 6) is -1.57. The second kappa shape index (κ2) is 11.6. The third kappa shape index (κ3) is 5.68. The second-order valence-electron chi connectivity index (χ2n) is 8.02. The van der Waals surface area contributed by atoms with Gasteiger partial charge in [0.05, 0.1) is 24.5 Å². The van der Waals surface area contributed by atoms with Crippen LogP contribution in [0.1, 0.15) is 34.6 Å². The van der Waals surface area contributed by atoms with Gasteiger partial charge in [0.2, 0.25) is 0 Å². The van der Waals surface area contributed by atoms with Crippen molar-refractivity contribution in [1.82, 2.24) is 0 Å². The first-order chi connectivity index (χ1) is 18.3. The topological polar surface area (TPSA) is 114 Å². The minimum absolute atomic E-state index is 0.129. The van der Waals surface area contributed by atoms with Gasteiger partial charge < -0.3 is 20.1 Å². The average molecular weight is 534 g/mol. The number of hydrogen-bond donors (Lipinski definition) is 2. The van der Waals surface area contributed by atoms with Gasteiger partial charge >= 0.3 is 5.97 Å². The van der Waals surface area contributed by atoms with Crippen LogP contribution in [0.15, 0.2) is 83.5 Å². The van der Waals surface area contributed by atoms with Gasteiger partial charge in [-0.25, -0.2) is 9.69 Å². The van der Waals surface area contributed by atoms with E-state index in [1.54, 1.807) is 49.4 Å². The number of carbonyl (C=O) groups excluding carboxylic acids is 4. The van der Waals surface area contributed by atoms with Gasteiger partial charge in [-0.2, -0.15) is 0 Å². The molecule has 1 heterocycles. The number of rotatable bonds is 9. The Labute approximate surface area is 224 Å². The summed E-state index contributed by atoms with van der Waals surface area (Å²) in [6.07, 6.45) is 0. The zero-order valence-electron chi connectivity index (χ0n) is 20.6. The maximum absolute atomic E-state index is 13.1. The number of ether oxygens (including phenoxy) is 2. The average Bonchev–Trinajstić information content (AvgIpc) is 3.13. The highest BCUT2D eigenvalue weighted by Gasteiger charge is 2.39. The van der Waals surface area contributed by atoms with Crippen molar-refractivity contribution < 1.29 is 28.7 Å². The van der Waals surface area contributed by atoms with Crippen molar-refractivity contribution in [2.45, 2.75) is 13.8 Å². The Balaban J connectivity index is 1.47. The number of imide groups is 1. The molecule has 10 heteroatoms. The van der Waals surface area contributed by atoms with Crippen LogP contribution in [-0.2, 0) is 14.3 Å². The van der Waals surface area contributed by atoms with Gasteiger partial charge in [0.15, 0.2) is 0 Å². The van der Waals surface area contributed by atoms with E-state index < -0.39 is 17.8 Å². The molecule has 0 saturated carbocycles. The van der Waals surface area contributed by atoms with Crippen molar-refractivity contribution in [3.8, 4) is 5.75 Å². The summed E-state index contributed by atoms with van der Waals surface area (Å²) in [7, 11) is 0. The summed E-state index contributed by atoms with van der Waals surface area (Å²) in [5, 5.41) is 5.36. The van der Waals surface area contributed by atoms with E-state index in [9.17, 15) is 19.2 Å². The van der Waals surface area contributed by atoms with Crippen molar-refractivity contribution in [3.05, 3.63) is 94.7 Å². The van der Waals surface area contributed by atoms with Crippen LogP contribution in [-0.4, -0.2) is 36.9 Å². The lowest BCUT2D eigenvalue weighted by Gasteiger charge is -2.15. The number of nitrogens with zero attached hydrogens (tertiary/aromatic N) is 1. The lowest BCUT2D eigenvalue weighted by molar-refractivity contribution is -0.120. The predicted molar refractivity (Wildman–Crippen MR) is 143 cm³/mol. The molecule has 0 aliphatic carbocycles. The van der Waals surface area contributed by atoms with E-state index in [0.29, 0.717) is 29.3 Å². The standard InChI is InChI=1S/C28H24ClN3O6/c1-3-37-22-14-10-19(11-15-22)31-25(33)18-6-5-7-20(16-18)30-24-23(29)26(34)32(27(24)35)21-12-8-17(9-13-21)28(36)38-4-2/h5-16,30H,3-4H2,1-2H3,(H,31,33). The maximum atomic E-state index is 13.1. The Morgan fingerprint density at radius 2 is 1.55 bits per heavy atom. The fourth-order valence-corrected chi connectivity index (χ4v) is 3.91. The second-order valence-corrected chi connectivity index (χ2v) is 8.40. The summed E-state index contributed by atoms with van der Waals surface area (Å²) >= 11 is 6.23. The van der Waals surface area contributed by atoms with E-state index >= 15 is 0 Å². The van der Waals surface area contributed by atoms with Gasteiger partial charge in [0.1, 0.15) is 16.5 Å². The molecule has 1 aliphatic heterocycles. The Morgan fingerprint density at radius 1 is 0.842 bits per heavy atom. The summed E-state index contributed by atoms with van der Waals surface area (Å²) in [6, 6.07) is 19.2. The number of halogens is 1. The zero-order valence-corrected chi connectivity index (χ0v) is 21.4. The van der Waals surface area contributed by atoms with E-state index in [0.717, 1.165) is 4.90 Å². The summed E-state index contributed by atoms with van der Waals surface area (Å²) < 4.78 is 10.4. The largest absolute Gasteiger partial charge is 0.494 e. The lowest BCUT2D eigenvalue weighted by atomic mass is 10.1. The number of carbonyl (C=O) groups is 4. The van der Waals surface area contributed by atoms with Gasteiger partial charge in [-0.05, 0) is 80.6 Å². The minimum atomic E-state index is -0.715. The van der Waals surface area contributed by atoms with Crippen LogP contribution in [0.3, 0.4) is 0 Å². The molecule has 9 nitrogen and oxygen atoms in total. The SMILES string of the molecule is CCOC(=O)c1ccc(N2C(=O)C(Cl)=C(Nc3cccc(C(=O)Nc4ccc(OCC)cc4)c3)C2=O)cc1. The van der Waals surface area contributed by atoms with Gasteiger partial charge in [-0.15, -0.1) is 0 Å². The van der Waals surface area contributed by atoms with Gasteiger partial charge in [-0.1, -0.05) is 17.7 Å². The van der Waals surface area contributed by atoms with Crippen molar-refractivity contribution in [2.24, 2.45) is 0 Å². The van der Waals surface area contributed by atoms with Crippen LogP contribution in [0.25, 0.3) is 0 Å². The van der Waals surface area contributed by atoms with Crippen LogP contribution >= 0.6 is 11.6 Å². The molecular weight excluding hydrogens is 510 g/mol. The number of anilines is 3. The number of hydrogen-bond acceptors (Lipinski definition) is 7. The molecule has 4 rings (SSSR count). The minimum Gasteiger partial charge on any atom is -0.494 e. The van der Waals surface area contributed by atoms with E-state index in [-0.39, 0.29) is 34.5 Å². The van der Waals surface area contributed by atoms with Crippen molar-refractivity contribution in [3.63, 3.8) is 0 Å². The van der Waals surface area contributed by atoms with Gasteiger partial charge in [0, 0.05) is 16.9 Å². The molecule has 2 N–H and O–H groups in total. The molecular formula is C28H24ClN3O6. The van der Waals surface area contributed by atoms with Crippen molar-refractivity contribution in [1.29, 1.82) is 0 Å². The van der Waals surface area contributed by atoms with Crippen LogP contribution < -0.4 is 20.3 Å². The number of nitrogens with one attached hydrogen (secondary N) is 2. The molecule has 38 heavy (non-hydrogen) atoms. The Morgan fingerprint density at radius 3 is 2.21 bits per heavy atom. The van der Waals surface area contributed by atoms with E-state index in [4.69, 9.17) is 21.1 Å². The molecule has 0 atom stereocenters. The third-order valence-electron chi connectivity index (χ3n) is 5.48. The van der Waals surface area contributed by atoms with Crippen LogP contribution in [0, 0.1) is 0 Å². The first kappa shape index (κ1) is 26.4. The maximum Gasteiger partial charge on any atom is 0.338 e. The van der Waals surface area contributed by atoms with E-state index in [1.165, 1.54) is 30.3 Å². The predicted octanol–water partition coefficient (Wildman–Crippen LogP) is 4.95. The molecule has 0 aromatic heterocycles. The number of benzene rings is 3. The fourth-order valence-electron chi connectivity index (χ4n) is 3.69. The van der Waals surface area contributed by atoms with Gasteiger partial charge in [0.25, 0.3) is 17.7 Å². The molecule has 0 saturated heterocycles. The monoisotopic (exact) mass is 533 g/mol. The quantitative estimate of drug-likeness (QED) is 0.295. The smallest absolute Gasteiger partial charge is 0.338 e.